The SMILES string of the molecule is CCCCN(CCCCCCO)C1CC1. The molecule has 0 bridgehead atoms. The molecule has 0 radical (unpaired) electrons. The van der Waals surface area contributed by atoms with Crippen LogP contribution in [0.2, 0.25) is 0 Å². The predicted molar refractivity (Wildman–Crippen MR) is 65.1 cm³/mol. The van der Waals surface area contributed by atoms with Crippen LogP contribution in [-0.4, -0.2) is 35.7 Å². The molecule has 0 saturated heterocycles. The molecule has 2 nitrogen and oxygen atoms in total. The Kier molecular flexibility index (Phi) is 7.03. The Morgan fingerprint density at radius 2 is 1.67 bits per heavy atom. The molecule has 1 aliphatic rings. The summed E-state index contributed by atoms with van der Waals surface area (Å²) in [5.74, 6) is 0. The fraction of sp³-hybridized carbons (Fsp3) is 1.00. The largest absolute Gasteiger partial charge is 0.396 e. The van der Waals surface area contributed by atoms with E-state index < -0.39 is 0 Å². The van der Waals surface area contributed by atoms with Crippen LogP contribution in [0, 0.1) is 0 Å². The van der Waals surface area contributed by atoms with Crippen LogP contribution in [0.5, 0.6) is 0 Å². The first-order chi connectivity index (χ1) is 7.38. The van der Waals surface area contributed by atoms with Gasteiger partial charge in [-0.25, -0.2) is 0 Å². The van der Waals surface area contributed by atoms with Crippen LogP contribution in [0.4, 0.5) is 0 Å². The van der Waals surface area contributed by atoms with Crippen LogP contribution in [0.25, 0.3) is 0 Å². The molecule has 0 heterocycles. The molecule has 2 heteroatoms. The molecule has 1 saturated carbocycles. The highest BCUT2D eigenvalue weighted by molar-refractivity contribution is 4.84. The molecule has 0 spiro atoms. The molecule has 1 fully saturated rings. The standard InChI is InChI=1S/C13H27NO/c1-2-3-10-14(13-8-9-13)11-6-4-5-7-12-15/h13,15H,2-12H2,1H3. The highest BCUT2D eigenvalue weighted by Gasteiger charge is 2.27. The molecule has 0 aromatic rings. The number of aliphatic hydroxyl groups excluding tert-OH is 1. The average molecular weight is 213 g/mol. The third kappa shape index (κ3) is 6.16. The molecule has 0 amide bonds. The van der Waals surface area contributed by atoms with E-state index in [0.29, 0.717) is 6.61 Å². The molecule has 1 rings (SSSR count). The van der Waals surface area contributed by atoms with E-state index >= 15 is 0 Å². The van der Waals surface area contributed by atoms with Gasteiger partial charge in [0.1, 0.15) is 0 Å². The van der Waals surface area contributed by atoms with Gasteiger partial charge in [0.2, 0.25) is 0 Å². The third-order valence-electron chi connectivity index (χ3n) is 3.22. The number of rotatable bonds is 10. The minimum absolute atomic E-state index is 0.363. The van der Waals surface area contributed by atoms with Crippen LogP contribution in [0.15, 0.2) is 0 Å². The average Bonchev–Trinajstić information content (AvgIpc) is 3.06. The lowest BCUT2D eigenvalue weighted by Crippen LogP contribution is -2.28. The van der Waals surface area contributed by atoms with Crippen LogP contribution >= 0.6 is 0 Å². The normalized spacial score (nSPS) is 16.2. The first-order valence-corrected chi connectivity index (χ1v) is 6.73. The topological polar surface area (TPSA) is 23.5 Å². The first kappa shape index (κ1) is 13.0. The predicted octanol–water partition coefficient (Wildman–Crippen LogP) is 2.80. The van der Waals surface area contributed by atoms with Crippen molar-refractivity contribution in [2.75, 3.05) is 19.7 Å². The van der Waals surface area contributed by atoms with Crippen molar-refractivity contribution < 1.29 is 5.11 Å². The number of aliphatic hydroxyl groups is 1. The second-order valence-corrected chi connectivity index (χ2v) is 4.76. The fourth-order valence-electron chi connectivity index (χ4n) is 2.06. The third-order valence-corrected chi connectivity index (χ3v) is 3.22. The van der Waals surface area contributed by atoms with Gasteiger partial charge in [-0.05, 0) is 45.2 Å². The monoisotopic (exact) mass is 213 g/mol. The summed E-state index contributed by atoms with van der Waals surface area (Å²) < 4.78 is 0. The molecule has 0 aliphatic heterocycles. The van der Waals surface area contributed by atoms with Gasteiger partial charge < -0.3 is 10.0 Å². The van der Waals surface area contributed by atoms with E-state index in [9.17, 15) is 0 Å². The summed E-state index contributed by atoms with van der Waals surface area (Å²) in [5.41, 5.74) is 0. The second-order valence-electron chi connectivity index (χ2n) is 4.76. The van der Waals surface area contributed by atoms with E-state index in [4.69, 9.17) is 5.11 Å². The Labute approximate surface area is 94.7 Å². The van der Waals surface area contributed by atoms with Gasteiger partial charge in [-0.1, -0.05) is 26.2 Å². The van der Waals surface area contributed by atoms with E-state index in [2.05, 4.69) is 11.8 Å². The lowest BCUT2D eigenvalue weighted by Gasteiger charge is -2.21. The Hall–Kier alpha value is -0.0800. The van der Waals surface area contributed by atoms with E-state index in [-0.39, 0.29) is 0 Å². The van der Waals surface area contributed by atoms with Crippen LogP contribution in [0.3, 0.4) is 0 Å². The minimum atomic E-state index is 0.363. The van der Waals surface area contributed by atoms with Crippen molar-refractivity contribution >= 4 is 0 Å². The molecule has 1 aliphatic carbocycles. The zero-order chi connectivity index (χ0) is 10.9. The van der Waals surface area contributed by atoms with Crippen LogP contribution < -0.4 is 0 Å². The molecule has 1 N–H and O–H groups in total. The van der Waals surface area contributed by atoms with Gasteiger partial charge in [-0.3, -0.25) is 0 Å². The lowest BCUT2D eigenvalue weighted by molar-refractivity contribution is 0.248. The molecular weight excluding hydrogens is 186 g/mol. The van der Waals surface area contributed by atoms with Crippen molar-refractivity contribution in [1.82, 2.24) is 4.90 Å². The summed E-state index contributed by atoms with van der Waals surface area (Å²) in [6.07, 6.45) is 10.3. The van der Waals surface area contributed by atoms with E-state index in [1.165, 1.54) is 58.0 Å². The van der Waals surface area contributed by atoms with Crippen molar-refractivity contribution in [3.63, 3.8) is 0 Å². The lowest BCUT2D eigenvalue weighted by atomic mass is 10.2. The number of unbranched alkanes of at least 4 members (excludes halogenated alkanes) is 4. The van der Waals surface area contributed by atoms with Crippen molar-refractivity contribution in [2.45, 2.75) is 64.3 Å². The van der Waals surface area contributed by atoms with Gasteiger partial charge >= 0.3 is 0 Å². The van der Waals surface area contributed by atoms with Gasteiger partial charge in [-0.15, -0.1) is 0 Å². The maximum Gasteiger partial charge on any atom is 0.0431 e. The Morgan fingerprint density at radius 1 is 1.00 bits per heavy atom. The van der Waals surface area contributed by atoms with Gasteiger partial charge in [0, 0.05) is 12.6 Å². The zero-order valence-electron chi connectivity index (χ0n) is 10.2. The van der Waals surface area contributed by atoms with Gasteiger partial charge in [0.25, 0.3) is 0 Å². The maximum atomic E-state index is 8.68. The van der Waals surface area contributed by atoms with Gasteiger partial charge in [-0.2, -0.15) is 0 Å². The smallest absolute Gasteiger partial charge is 0.0431 e. The fourth-order valence-corrected chi connectivity index (χ4v) is 2.06. The van der Waals surface area contributed by atoms with Crippen LogP contribution in [-0.2, 0) is 0 Å². The Morgan fingerprint density at radius 3 is 2.27 bits per heavy atom. The summed E-state index contributed by atoms with van der Waals surface area (Å²) in [4.78, 5) is 2.68. The zero-order valence-corrected chi connectivity index (χ0v) is 10.2. The van der Waals surface area contributed by atoms with Crippen molar-refractivity contribution in [3.8, 4) is 0 Å². The molecule has 15 heavy (non-hydrogen) atoms. The van der Waals surface area contributed by atoms with Gasteiger partial charge in [0.15, 0.2) is 0 Å². The molecule has 0 unspecified atom stereocenters. The van der Waals surface area contributed by atoms with E-state index in [1.807, 2.05) is 0 Å². The van der Waals surface area contributed by atoms with E-state index in [1.54, 1.807) is 0 Å². The molecular formula is C13H27NO. The van der Waals surface area contributed by atoms with Crippen molar-refractivity contribution in [1.29, 1.82) is 0 Å². The Balaban J connectivity index is 1.98. The highest BCUT2D eigenvalue weighted by atomic mass is 16.2. The molecule has 0 atom stereocenters. The first-order valence-electron chi connectivity index (χ1n) is 6.73. The molecule has 0 aromatic heterocycles. The minimum Gasteiger partial charge on any atom is -0.396 e. The van der Waals surface area contributed by atoms with Gasteiger partial charge in [0.05, 0.1) is 0 Å². The quantitative estimate of drug-likeness (QED) is 0.564. The maximum absolute atomic E-state index is 8.68. The molecule has 0 aromatic carbocycles. The summed E-state index contributed by atoms with van der Waals surface area (Å²) in [7, 11) is 0. The Bertz CT molecular complexity index is 145. The van der Waals surface area contributed by atoms with Crippen LogP contribution in [0.1, 0.15) is 58.3 Å². The number of hydrogen-bond donors (Lipinski definition) is 1. The van der Waals surface area contributed by atoms with Crippen molar-refractivity contribution in [2.24, 2.45) is 0 Å². The summed E-state index contributed by atoms with van der Waals surface area (Å²) in [6, 6.07) is 0.925. The van der Waals surface area contributed by atoms with E-state index in [0.717, 1.165) is 12.5 Å². The molecule has 90 valence electrons. The summed E-state index contributed by atoms with van der Waals surface area (Å²) >= 11 is 0. The number of hydrogen-bond acceptors (Lipinski definition) is 2. The summed E-state index contributed by atoms with van der Waals surface area (Å²) in [5, 5.41) is 8.68. The number of nitrogens with zero attached hydrogens (tertiary/aromatic N) is 1. The second kappa shape index (κ2) is 8.12. The van der Waals surface area contributed by atoms with Crippen molar-refractivity contribution in [3.05, 3.63) is 0 Å². The summed E-state index contributed by atoms with van der Waals surface area (Å²) in [6.45, 7) is 5.23. The highest BCUT2D eigenvalue weighted by Crippen LogP contribution is 2.27.